The summed E-state index contributed by atoms with van der Waals surface area (Å²) in [4.78, 5) is 28.1. The standard InChI is InChI=1S/C15H17BrN2O2S2/c1-3-18(9-11-5-4-8-21-11)15(20)10(2)17-14(19)12-6-7-13(16)22-12/h4-8,10H,3,9H2,1-2H3,(H,17,19). The molecule has 2 amide bonds. The van der Waals surface area contributed by atoms with E-state index in [1.807, 2.05) is 30.5 Å². The highest BCUT2D eigenvalue weighted by Crippen LogP contribution is 2.22. The van der Waals surface area contributed by atoms with Crippen molar-refractivity contribution in [2.45, 2.75) is 26.4 Å². The molecular formula is C15H17BrN2O2S2. The van der Waals surface area contributed by atoms with Crippen LogP contribution in [0.1, 0.15) is 28.4 Å². The monoisotopic (exact) mass is 400 g/mol. The van der Waals surface area contributed by atoms with Crippen LogP contribution in [0.15, 0.2) is 33.4 Å². The fraction of sp³-hybridized carbons (Fsp3) is 0.333. The maximum absolute atomic E-state index is 12.5. The van der Waals surface area contributed by atoms with Gasteiger partial charge in [-0.2, -0.15) is 0 Å². The number of hydrogen-bond acceptors (Lipinski definition) is 4. The van der Waals surface area contributed by atoms with Gasteiger partial charge in [-0.05, 0) is 53.4 Å². The smallest absolute Gasteiger partial charge is 0.262 e. The Morgan fingerprint density at radius 1 is 1.36 bits per heavy atom. The molecule has 7 heteroatoms. The van der Waals surface area contributed by atoms with Crippen LogP contribution >= 0.6 is 38.6 Å². The Balaban J connectivity index is 1.96. The maximum atomic E-state index is 12.5. The van der Waals surface area contributed by atoms with E-state index in [1.54, 1.807) is 29.2 Å². The lowest BCUT2D eigenvalue weighted by molar-refractivity contribution is -0.133. The number of thiophene rings is 2. The molecule has 4 nitrogen and oxygen atoms in total. The molecule has 0 fully saturated rings. The first-order valence-electron chi connectivity index (χ1n) is 6.88. The summed E-state index contributed by atoms with van der Waals surface area (Å²) in [7, 11) is 0. The molecule has 0 aromatic carbocycles. The zero-order valence-corrected chi connectivity index (χ0v) is 15.6. The second-order valence-electron chi connectivity index (χ2n) is 4.73. The Bertz CT molecular complexity index is 640. The molecule has 0 aliphatic heterocycles. The zero-order chi connectivity index (χ0) is 16.1. The summed E-state index contributed by atoms with van der Waals surface area (Å²) in [5.74, 6) is -0.288. The van der Waals surface area contributed by atoms with Crippen LogP contribution in [0.2, 0.25) is 0 Å². The predicted octanol–water partition coefficient (Wildman–Crippen LogP) is 3.74. The van der Waals surface area contributed by atoms with Gasteiger partial charge >= 0.3 is 0 Å². The molecule has 2 heterocycles. The highest BCUT2D eigenvalue weighted by atomic mass is 79.9. The first kappa shape index (κ1) is 17.2. The normalized spacial score (nSPS) is 12.0. The third-order valence-corrected chi connectivity index (χ3v) is 5.62. The minimum absolute atomic E-state index is 0.0696. The Morgan fingerprint density at radius 2 is 2.14 bits per heavy atom. The lowest BCUT2D eigenvalue weighted by Crippen LogP contribution is -2.46. The molecule has 118 valence electrons. The van der Waals surface area contributed by atoms with Crippen LogP contribution in [-0.4, -0.2) is 29.3 Å². The number of halogens is 1. The molecule has 0 saturated carbocycles. The molecule has 1 N–H and O–H groups in total. The molecule has 0 aliphatic rings. The largest absolute Gasteiger partial charge is 0.340 e. The van der Waals surface area contributed by atoms with Gasteiger partial charge in [-0.1, -0.05) is 6.07 Å². The topological polar surface area (TPSA) is 49.4 Å². The summed E-state index contributed by atoms with van der Waals surface area (Å²) in [5, 5.41) is 4.76. The summed E-state index contributed by atoms with van der Waals surface area (Å²) in [6.07, 6.45) is 0. The van der Waals surface area contributed by atoms with Gasteiger partial charge in [0.25, 0.3) is 5.91 Å². The van der Waals surface area contributed by atoms with Gasteiger partial charge in [-0.3, -0.25) is 9.59 Å². The number of amides is 2. The predicted molar refractivity (Wildman–Crippen MR) is 94.4 cm³/mol. The molecule has 2 aromatic heterocycles. The molecule has 0 saturated heterocycles. The van der Waals surface area contributed by atoms with E-state index < -0.39 is 6.04 Å². The van der Waals surface area contributed by atoms with E-state index in [1.165, 1.54) is 11.3 Å². The van der Waals surface area contributed by atoms with E-state index >= 15 is 0 Å². The summed E-state index contributed by atoms with van der Waals surface area (Å²) < 4.78 is 0.893. The number of rotatable bonds is 6. The molecule has 1 atom stereocenters. The molecule has 0 radical (unpaired) electrons. The van der Waals surface area contributed by atoms with Crippen LogP contribution in [0, 0.1) is 0 Å². The molecule has 0 bridgehead atoms. The number of carbonyl (C=O) groups excluding carboxylic acids is 2. The number of carbonyl (C=O) groups is 2. The van der Waals surface area contributed by atoms with Gasteiger partial charge < -0.3 is 10.2 Å². The van der Waals surface area contributed by atoms with E-state index in [0.717, 1.165) is 8.66 Å². The first-order valence-corrected chi connectivity index (χ1v) is 9.37. The highest BCUT2D eigenvalue weighted by Gasteiger charge is 2.22. The van der Waals surface area contributed by atoms with Crippen LogP contribution in [-0.2, 0) is 11.3 Å². The van der Waals surface area contributed by atoms with Crippen molar-refractivity contribution in [3.63, 3.8) is 0 Å². The van der Waals surface area contributed by atoms with E-state index in [4.69, 9.17) is 0 Å². The third-order valence-electron chi connectivity index (χ3n) is 3.14. The van der Waals surface area contributed by atoms with Crippen molar-refractivity contribution >= 4 is 50.4 Å². The van der Waals surface area contributed by atoms with Gasteiger partial charge in [0.05, 0.1) is 15.2 Å². The van der Waals surface area contributed by atoms with Crippen LogP contribution in [0.25, 0.3) is 0 Å². The van der Waals surface area contributed by atoms with Crippen molar-refractivity contribution in [2.24, 2.45) is 0 Å². The van der Waals surface area contributed by atoms with Crippen molar-refractivity contribution in [1.29, 1.82) is 0 Å². The molecular weight excluding hydrogens is 384 g/mol. The number of hydrogen-bond donors (Lipinski definition) is 1. The third kappa shape index (κ3) is 4.41. The van der Waals surface area contributed by atoms with E-state index in [-0.39, 0.29) is 11.8 Å². The second kappa shape index (κ2) is 7.89. The molecule has 0 spiro atoms. The van der Waals surface area contributed by atoms with E-state index in [0.29, 0.717) is 18.0 Å². The van der Waals surface area contributed by atoms with Gasteiger partial charge in [-0.25, -0.2) is 0 Å². The average molecular weight is 401 g/mol. The van der Waals surface area contributed by atoms with Crippen molar-refractivity contribution in [3.05, 3.63) is 43.2 Å². The van der Waals surface area contributed by atoms with Crippen molar-refractivity contribution in [2.75, 3.05) is 6.54 Å². The van der Waals surface area contributed by atoms with E-state index in [9.17, 15) is 9.59 Å². The van der Waals surface area contributed by atoms with Gasteiger partial charge in [0.15, 0.2) is 0 Å². The van der Waals surface area contributed by atoms with Crippen molar-refractivity contribution < 1.29 is 9.59 Å². The van der Waals surface area contributed by atoms with Gasteiger partial charge in [-0.15, -0.1) is 22.7 Å². The molecule has 0 aliphatic carbocycles. The zero-order valence-electron chi connectivity index (χ0n) is 12.3. The lowest BCUT2D eigenvalue weighted by Gasteiger charge is -2.24. The first-order chi connectivity index (χ1) is 10.5. The average Bonchev–Trinajstić information content (AvgIpc) is 3.15. The van der Waals surface area contributed by atoms with Crippen molar-refractivity contribution in [3.8, 4) is 0 Å². The summed E-state index contributed by atoms with van der Waals surface area (Å²) in [6, 6.07) is 6.99. The summed E-state index contributed by atoms with van der Waals surface area (Å²) in [5.41, 5.74) is 0. The second-order valence-corrected chi connectivity index (χ2v) is 8.23. The van der Waals surface area contributed by atoms with Crippen LogP contribution in [0.5, 0.6) is 0 Å². The minimum Gasteiger partial charge on any atom is -0.340 e. The Morgan fingerprint density at radius 3 is 2.68 bits per heavy atom. The van der Waals surface area contributed by atoms with E-state index in [2.05, 4.69) is 21.2 Å². The van der Waals surface area contributed by atoms with Gasteiger partial charge in [0, 0.05) is 11.4 Å². The van der Waals surface area contributed by atoms with Crippen LogP contribution in [0.3, 0.4) is 0 Å². The van der Waals surface area contributed by atoms with Gasteiger partial charge in [0.2, 0.25) is 5.91 Å². The lowest BCUT2D eigenvalue weighted by atomic mass is 10.2. The molecule has 2 aromatic rings. The SMILES string of the molecule is CCN(Cc1cccs1)C(=O)C(C)NC(=O)c1ccc(Br)s1. The maximum Gasteiger partial charge on any atom is 0.262 e. The number of likely N-dealkylation sites (N-methyl/N-ethyl adjacent to an activating group) is 1. The highest BCUT2D eigenvalue weighted by molar-refractivity contribution is 9.11. The van der Waals surface area contributed by atoms with Gasteiger partial charge in [0.1, 0.15) is 6.04 Å². The summed E-state index contributed by atoms with van der Waals surface area (Å²) >= 11 is 6.30. The minimum atomic E-state index is -0.548. The van der Waals surface area contributed by atoms with Crippen molar-refractivity contribution in [1.82, 2.24) is 10.2 Å². The number of nitrogens with one attached hydrogen (secondary N) is 1. The quantitative estimate of drug-likeness (QED) is 0.802. The Hall–Kier alpha value is -1.18. The Kier molecular flexibility index (Phi) is 6.16. The molecule has 1 unspecified atom stereocenters. The number of nitrogens with zero attached hydrogens (tertiary/aromatic N) is 1. The summed E-state index contributed by atoms with van der Waals surface area (Å²) in [6.45, 7) is 4.86. The molecule has 2 rings (SSSR count). The fourth-order valence-corrected chi connectivity index (χ4v) is 3.98. The Labute approximate surface area is 146 Å². The van der Waals surface area contributed by atoms with Crippen LogP contribution < -0.4 is 5.32 Å². The molecule has 22 heavy (non-hydrogen) atoms. The fourth-order valence-electron chi connectivity index (χ4n) is 1.98. The van der Waals surface area contributed by atoms with Crippen LogP contribution in [0.4, 0.5) is 0 Å².